The van der Waals surface area contributed by atoms with Gasteiger partial charge in [0.25, 0.3) is 0 Å². The largest absolute Gasteiger partial charge is 0.417 e. The maximum atomic E-state index is 15.6. The normalized spacial score (nSPS) is 11.5. The maximum absolute atomic E-state index is 15.6. The summed E-state index contributed by atoms with van der Waals surface area (Å²) in [5, 5.41) is 32.5. The van der Waals surface area contributed by atoms with Crippen LogP contribution in [0.15, 0.2) is 170 Å². The molecule has 0 aliphatic heterocycles. The monoisotopic (exact) mass is 779 g/mol. The first-order valence-corrected chi connectivity index (χ1v) is 19.1. The fraction of sp³-hybridized carbons (Fsp3) is 0.0192. The van der Waals surface area contributed by atoms with E-state index in [-0.39, 0.29) is 16.7 Å². The highest BCUT2D eigenvalue weighted by atomic mass is 19.4. The van der Waals surface area contributed by atoms with Gasteiger partial charge in [0.2, 0.25) is 0 Å². The predicted octanol–water partition coefficient (Wildman–Crippen LogP) is 13.5. The molecule has 0 bridgehead atoms. The number of hydrogen-bond donors (Lipinski definition) is 0. The molecule has 8 aromatic carbocycles. The zero-order chi connectivity index (χ0) is 41.1. The molecule has 0 unspecified atom stereocenters. The van der Waals surface area contributed by atoms with E-state index in [0.717, 1.165) is 66.4 Å². The van der Waals surface area contributed by atoms with Crippen molar-refractivity contribution in [3.8, 4) is 63.0 Å². The molecule has 10 rings (SSSR count). The van der Waals surface area contributed by atoms with Gasteiger partial charge in [-0.15, -0.1) is 0 Å². The number of halogens is 3. The van der Waals surface area contributed by atoms with E-state index >= 15 is 13.2 Å². The van der Waals surface area contributed by atoms with Gasteiger partial charge in [-0.25, -0.2) is 0 Å². The molecule has 0 fully saturated rings. The molecule has 0 aliphatic carbocycles. The van der Waals surface area contributed by atoms with Crippen molar-refractivity contribution in [3.63, 3.8) is 0 Å². The number of fused-ring (bicyclic) bond motifs is 6. The fourth-order valence-corrected chi connectivity index (χ4v) is 8.55. The van der Waals surface area contributed by atoms with E-state index in [1.54, 1.807) is 48.5 Å². The first-order valence-electron chi connectivity index (χ1n) is 19.1. The first-order chi connectivity index (χ1) is 29.2. The van der Waals surface area contributed by atoms with Crippen LogP contribution in [-0.2, 0) is 6.18 Å². The van der Waals surface area contributed by atoms with Gasteiger partial charge < -0.3 is 9.13 Å². The number of nitriles is 3. The van der Waals surface area contributed by atoms with E-state index in [4.69, 9.17) is 0 Å². The van der Waals surface area contributed by atoms with Gasteiger partial charge >= 0.3 is 6.18 Å². The molecule has 0 saturated heterocycles. The lowest BCUT2D eigenvalue weighted by Gasteiger charge is -2.22. The summed E-state index contributed by atoms with van der Waals surface area (Å²) in [6.07, 6.45) is -4.76. The quantitative estimate of drug-likeness (QED) is 0.174. The number of nitrogens with zero attached hydrogens (tertiary/aromatic N) is 5. The summed E-state index contributed by atoms with van der Waals surface area (Å²) in [6.45, 7) is 0. The highest BCUT2D eigenvalue weighted by Gasteiger charge is 2.36. The summed E-state index contributed by atoms with van der Waals surface area (Å²) in [4.78, 5) is 0. The Morgan fingerprint density at radius 1 is 0.383 bits per heavy atom. The number of alkyl halides is 3. The number of para-hydroxylation sites is 2. The molecule has 0 amide bonds. The third-order valence-corrected chi connectivity index (χ3v) is 11.3. The van der Waals surface area contributed by atoms with Crippen molar-refractivity contribution in [3.05, 3.63) is 192 Å². The lowest BCUT2D eigenvalue weighted by atomic mass is 9.93. The van der Waals surface area contributed by atoms with Crippen LogP contribution in [0.25, 0.3) is 88.4 Å². The van der Waals surface area contributed by atoms with Crippen LogP contribution in [0.1, 0.15) is 22.3 Å². The van der Waals surface area contributed by atoms with Gasteiger partial charge in [-0.05, 0) is 113 Å². The molecule has 5 nitrogen and oxygen atoms in total. The predicted molar refractivity (Wildman–Crippen MR) is 231 cm³/mol. The zero-order valence-electron chi connectivity index (χ0n) is 31.5. The van der Waals surface area contributed by atoms with E-state index in [1.165, 1.54) is 6.07 Å². The SMILES string of the molecule is N#Cc1ccc(-c2ccc3c(c2)c2ccccc2n3-c2ccc(C#N)cc2-c2c(-n3c4ccccc4c4cc(-c5ccc(C#N)cc5)ccc43)cccc2C(F)(F)F)cc1. The number of aromatic nitrogens is 2. The van der Waals surface area contributed by atoms with Gasteiger partial charge in [0.15, 0.2) is 0 Å². The molecule has 0 aliphatic rings. The van der Waals surface area contributed by atoms with Crippen molar-refractivity contribution in [2.45, 2.75) is 6.18 Å². The topological polar surface area (TPSA) is 81.2 Å². The standard InChI is InChI=1S/C52H28F3N5/c53-52(54,55)44-8-5-11-50(60-46-10-4-2-7-40(46)42-28-38(22-25-48(42)60)36-19-14-33(30-57)15-20-36)51(44)43-26-34(31-58)16-23-49(43)59-45-9-3-1-6-39(45)41-27-37(21-24-47(41)59)35-17-12-32(29-56)13-18-35/h1-28H. The van der Waals surface area contributed by atoms with Crippen LogP contribution in [-0.4, -0.2) is 9.13 Å². The lowest BCUT2D eigenvalue weighted by Crippen LogP contribution is -2.11. The molecule has 60 heavy (non-hydrogen) atoms. The van der Waals surface area contributed by atoms with Gasteiger partial charge in [-0.1, -0.05) is 78.9 Å². The minimum Gasteiger partial charge on any atom is -0.309 e. The smallest absolute Gasteiger partial charge is 0.309 e. The van der Waals surface area contributed by atoms with Gasteiger partial charge in [-0.3, -0.25) is 0 Å². The van der Waals surface area contributed by atoms with Crippen LogP contribution in [0.5, 0.6) is 0 Å². The molecular weight excluding hydrogens is 752 g/mol. The summed E-state index contributed by atoms with van der Waals surface area (Å²) >= 11 is 0. The Balaban J connectivity index is 1.26. The van der Waals surface area contributed by atoms with Crippen LogP contribution in [0.3, 0.4) is 0 Å². The molecule has 0 radical (unpaired) electrons. The van der Waals surface area contributed by atoms with Crippen molar-refractivity contribution in [2.24, 2.45) is 0 Å². The molecule has 0 atom stereocenters. The van der Waals surface area contributed by atoms with Crippen molar-refractivity contribution in [1.29, 1.82) is 15.8 Å². The number of rotatable bonds is 5. The third-order valence-electron chi connectivity index (χ3n) is 11.3. The van der Waals surface area contributed by atoms with Gasteiger partial charge in [0.05, 0.1) is 73.9 Å². The number of benzene rings is 8. The molecule has 282 valence electrons. The Morgan fingerprint density at radius 2 is 0.833 bits per heavy atom. The van der Waals surface area contributed by atoms with E-state index in [1.807, 2.05) is 112 Å². The van der Waals surface area contributed by atoms with E-state index in [0.29, 0.717) is 28.0 Å². The summed E-state index contributed by atoms with van der Waals surface area (Å²) < 4.78 is 50.6. The van der Waals surface area contributed by atoms with Gasteiger partial charge in [0, 0.05) is 32.7 Å². The molecule has 0 N–H and O–H groups in total. The highest BCUT2D eigenvalue weighted by Crippen LogP contribution is 2.47. The fourth-order valence-electron chi connectivity index (χ4n) is 8.55. The Kier molecular flexibility index (Phi) is 8.35. The van der Waals surface area contributed by atoms with Crippen LogP contribution in [0.2, 0.25) is 0 Å². The highest BCUT2D eigenvalue weighted by molar-refractivity contribution is 6.13. The van der Waals surface area contributed by atoms with Crippen molar-refractivity contribution in [2.75, 3.05) is 0 Å². The molecule has 10 aromatic rings. The summed E-state index contributed by atoms with van der Waals surface area (Å²) in [7, 11) is 0. The van der Waals surface area contributed by atoms with Crippen LogP contribution >= 0.6 is 0 Å². The second-order valence-corrected chi connectivity index (χ2v) is 14.6. The summed E-state index contributed by atoms with van der Waals surface area (Å²) in [5.74, 6) is 0. The molecule has 2 aromatic heterocycles. The second-order valence-electron chi connectivity index (χ2n) is 14.6. The Labute approximate surface area is 341 Å². The van der Waals surface area contributed by atoms with Gasteiger partial charge in [0.1, 0.15) is 0 Å². The van der Waals surface area contributed by atoms with E-state index in [2.05, 4.69) is 24.3 Å². The molecule has 0 saturated carbocycles. The van der Waals surface area contributed by atoms with Crippen LogP contribution in [0.4, 0.5) is 13.2 Å². The second kappa shape index (κ2) is 13.9. The minimum absolute atomic E-state index is 0.0592. The van der Waals surface area contributed by atoms with Crippen molar-refractivity contribution < 1.29 is 13.2 Å². The van der Waals surface area contributed by atoms with E-state index in [9.17, 15) is 15.8 Å². The molecular formula is C52H28F3N5. The summed E-state index contributed by atoms with van der Waals surface area (Å²) in [6, 6.07) is 57.7. The Bertz CT molecular complexity index is 3500. The van der Waals surface area contributed by atoms with Crippen LogP contribution in [0, 0.1) is 34.0 Å². The van der Waals surface area contributed by atoms with Crippen molar-refractivity contribution in [1.82, 2.24) is 9.13 Å². The lowest BCUT2D eigenvalue weighted by molar-refractivity contribution is -0.137. The average Bonchev–Trinajstić information content (AvgIpc) is 3.80. The summed E-state index contributed by atoms with van der Waals surface area (Å²) in [5.41, 5.74) is 8.09. The van der Waals surface area contributed by atoms with Crippen LogP contribution < -0.4 is 0 Å². The van der Waals surface area contributed by atoms with Crippen molar-refractivity contribution >= 4 is 43.6 Å². The number of hydrogen-bond acceptors (Lipinski definition) is 3. The molecule has 2 heterocycles. The molecule has 8 heteroatoms. The zero-order valence-corrected chi connectivity index (χ0v) is 31.5. The third kappa shape index (κ3) is 5.77. The minimum atomic E-state index is -4.76. The van der Waals surface area contributed by atoms with E-state index < -0.39 is 11.7 Å². The van der Waals surface area contributed by atoms with Gasteiger partial charge in [-0.2, -0.15) is 29.0 Å². The molecule has 0 spiro atoms. The Hall–Kier alpha value is -8.38. The average molecular weight is 780 g/mol. The maximum Gasteiger partial charge on any atom is 0.417 e. The first kappa shape index (κ1) is 36.0. The Morgan fingerprint density at radius 3 is 1.33 bits per heavy atom.